The maximum atomic E-state index is 12.3. The molecule has 0 aliphatic rings. The molecule has 0 atom stereocenters. The number of ether oxygens (including phenoxy) is 1. The van der Waals surface area contributed by atoms with Gasteiger partial charge in [0.1, 0.15) is 5.75 Å². The van der Waals surface area contributed by atoms with Crippen molar-refractivity contribution < 1.29 is 9.53 Å². The zero-order valence-electron chi connectivity index (χ0n) is 13.8. The third-order valence-electron chi connectivity index (χ3n) is 3.77. The first-order valence-corrected chi connectivity index (χ1v) is 8.20. The van der Waals surface area contributed by atoms with E-state index < -0.39 is 0 Å². The molecule has 0 unspecified atom stereocenters. The first-order chi connectivity index (χ1) is 12.2. The van der Waals surface area contributed by atoms with Crippen molar-refractivity contribution in [2.24, 2.45) is 0 Å². The highest BCUT2D eigenvalue weighted by Gasteiger charge is 2.09. The van der Waals surface area contributed by atoms with Gasteiger partial charge in [0, 0.05) is 17.8 Å². The molecule has 6 heteroatoms. The lowest BCUT2D eigenvalue weighted by Gasteiger charge is -2.06. The molecule has 0 radical (unpaired) electrons. The van der Waals surface area contributed by atoms with Gasteiger partial charge < -0.3 is 10.1 Å². The van der Waals surface area contributed by atoms with E-state index in [1.54, 1.807) is 24.2 Å². The molecule has 128 valence electrons. The summed E-state index contributed by atoms with van der Waals surface area (Å²) in [6, 6.07) is 15.2. The highest BCUT2D eigenvalue weighted by atomic mass is 35.5. The van der Waals surface area contributed by atoms with E-state index in [1.807, 2.05) is 48.5 Å². The van der Waals surface area contributed by atoms with E-state index in [4.69, 9.17) is 16.3 Å². The Labute approximate surface area is 151 Å². The zero-order chi connectivity index (χ0) is 17.6. The fourth-order valence-corrected chi connectivity index (χ4v) is 2.63. The Balaban J connectivity index is 1.61. The zero-order valence-corrected chi connectivity index (χ0v) is 14.5. The molecule has 3 rings (SSSR count). The number of hydrogen-bond acceptors (Lipinski definition) is 3. The van der Waals surface area contributed by atoms with E-state index in [0.717, 1.165) is 16.9 Å². The van der Waals surface area contributed by atoms with Gasteiger partial charge in [-0.1, -0.05) is 41.9 Å². The Morgan fingerprint density at radius 2 is 2.08 bits per heavy atom. The van der Waals surface area contributed by atoms with Crippen LogP contribution in [-0.2, 0) is 13.1 Å². The third-order valence-corrected chi connectivity index (χ3v) is 4.14. The van der Waals surface area contributed by atoms with Crippen LogP contribution in [0.25, 0.3) is 0 Å². The monoisotopic (exact) mass is 355 g/mol. The van der Waals surface area contributed by atoms with Crippen molar-refractivity contribution in [1.29, 1.82) is 0 Å². The Bertz CT molecular complexity index is 876. The summed E-state index contributed by atoms with van der Waals surface area (Å²) >= 11 is 6.16. The summed E-state index contributed by atoms with van der Waals surface area (Å²) in [5, 5.41) is 7.80. The van der Waals surface area contributed by atoms with Crippen molar-refractivity contribution >= 4 is 17.5 Å². The van der Waals surface area contributed by atoms with Gasteiger partial charge in [-0.25, -0.2) is 0 Å². The summed E-state index contributed by atoms with van der Waals surface area (Å²) in [5.41, 5.74) is 2.43. The highest BCUT2D eigenvalue weighted by Crippen LogP contribution is 2.16. The average molecular weight is 356 g/mol. The molecule has 25 heavy (non-hydrogen) atoms. The number of hydrogen-bond donors (Lipinski definition) is 1. The maximum Gasteiger partial charge on any atom is 0.254 e. The van der Waals surface area contributed by atoms with Crippen LogP contribution in [0.5, 0.6) is 5.75 Å². The topological polar surface area (TPSA) is 56.1 Å². The van der Waals surface area contributed by atoms with Gasteiger partial charge in [-0.3, -0.25) is 9.48 Å². The number of methoxy groups -OCH3 is 1. The minimum Gasteiger partial charge on any atom is -0.497 e. The number of benzene rings is 2. The molecular weight excluding hydrogens is 338 g/mol. The van der Waals surface area contributed by atoms with E-state index >= 15 is 0 Å². The smallest absolute Gasteiger partial charge is 0.254 e. The predicted molar refractivity (Wildman–Crippen MR) is 96.9 cm³/mol. The van der Waals surface area contributed by atoms with Crippen LogP contribution in [0.4, 0.5) is 0 Å². The maximum absolute atomic E-state index is 12.3. The fraction of sp³-hybridized carbons (Fsp3) is 0.158. The van der Waals surface area contributed by atoms with Crippen LogP contribution >= 0.6 is 11.6 Å². The van der Waals surface area contributed by atoms with Crippen LogP contribution in [0.3, 0.4) is 0 Å². The fourth-order valence-electron chi connectivity index (χ4n) is 2.44. The van der Waals surface area contributed by atoms with Gasteiger partial charge in [0.25, 0.3) is 5.91 Å². The minimum atomic E-state index is -0.173. The van der Waals surface area contributed by atoms with Crippen molar-refractivity contribution in [2.75, 3.05) is 7.11 Å². The highest BCUT2D eigenvalue weighted by molar-refractivity contribution is 6.31. The lowest BCUT2D eigenvalue weighted by molar-refractivity contribution is 0.0951. The number of nitrogens with one attached hydrogen (secondary N) is 1. The summed E-state index contributed by atoms with van der Waals surface area (Å²) in [4.78, 5) is 12.3. The molecular formula is C19H18ClN3O2. The molecule has 1 heterocycles. The molecule has 0 saturated heterocycles. The van der Waals surface area contributed by atoms with Crippen LogP contribution in [0.15, 0.2) is 60.9 Å². The molecule has 0 spiro atoms. The van der Waals surface area contributed by atoms with E-state index in [0.29, 0.717) is 23.7 Å². The molecule has 0 saturated carbocycles. The number of halogens is 1. The lowest BCUT2D eigenvalue weighted by Crippen LogP contribution is -2.22. The summed E-state index contributed by atoms with van der Waals surface area (Å²) in [6.07, 6.45) is 3.27. The number of nitrogens with zero attached hydrogens (tertiary/aromatic N) is 2. The largest absolute Gasteiger partial charge is 0.497 e. The Kier molecular flexibility index (Phi) is 5.36. The number of carbonyl (C=O) groups is 1. The van der Waals surface area contributed by atoms with Crippen LogP contribution in [0, 0.1) is 0 Å². The third kappa shape index (κ3) is 4.39. The molecule has 5 nitrogen and oxygen atoms in total. The van der Waals surface area contributed by atoms with E-state index in [1.165, 1.54) is 0 Å². The second-order valence-corrected chi connectivity index (χ2v) is 5.96. The number of carbonyl (C=O) groups excluding carboxylic acids is 1. The van der Waals surface area contributed by atoms with Gasteiger partial charge in [0.05, 0.1) is 25.4 Å². The molecule has 0 aliphatic carbocycles. The summed E-state index contributed by atoms with van der Waals surface area (Å²) in [6.45, 7) is 0.939. The molecule has 1 amide bonds. The molecule has 0 bridgehead atoms. The van der Waals surface area contributed by atoms with Gasteiger partial charge >= 0.3 is 0 Å². The van der Waals surface area contributed by atoms with Gasteiger partial charge in [0.2, 0.25) is 0 Å². The van der Waals surface area contributed by atoms with E-state index in [-0.39, 0.29) is 5.91 Å². The quantitative estimate of drug-likeness (QED) is 0.736. The number of aromatic nitrogens is 2. The second kappa shape index (κ2) is 7.85. The molecule has 0 aliphatic heterocycles. The second-order valence-electron chi connectivity index (χ2n) is 5.55. The summed E-state index contributed by atoms with van der Waals surface area (Å²) in [7, 11) is 1.62. The Morgan fingerprint density at radius 1 is 1.24 bits per heavy atom. The minimum absolute atomic E-state index is 0.173. The van der Waals surface area contributed by atoms with Gasteiger partial charge in [-0.05, 0) is 29.3 Å². The van der Waals surface area contributed by atoms with Crippen LogP contribution in [0.1, 0.15) is 21.5 Å². The average Bonchev–Trinajstić information content (AvgIpc) is 3.10. The van der Waals surface area contributed by atoms with E-state index in [9.17, 15) is 4.79 Å². The van der Waals surface area contributed by atoms with Crippen molar-refractivity contribution in [2.45, 2.75) is 13.1 Å². The predicted octanol–water partition coefficient (Wildman–Crippen LogP) is 3.52. The lowest BCUT2D eigenvalue weighted by atomic mass is 10.2. The summed E-state index contributed by atoms with van der Waals surface area (Å²) in [5.74, 6) is 0.590. The van der Waals surface area contributed by atoms with Crippen LogP contribution in [0.2, 0.25) is 5.02 Å². The van der Waals surface area contributed by atoms with E-state index in [2.05, 4.69) is 10.4 Å². The van der Waals surface area contributed by atoms with Gasteiger partial charge in [0.15, 0.2) is 0 Å². The standard InChI is InChI=1S/C19H18ClN3O2/c1-25-17-7-4-5-14(9-17)10-21-19(24)16-11-22-23(13-16)12-15-6-2-3-8-18(15)20/h2-9,11,13H,10,12H2,1H3,(H,21,24). The van der Waals surface area contributed by atoms with Crippen molar-refractivity contribution in [3.05, 3.63) is 82.6 Å². The molecule has 1 N–H and O–H groups in total. The summed E-state index contributed by atoms with van der Waals surface area (Å²) < 4.78 is 6.88. The molecule has 3 aromatic rings. The van der Waals surface area contributed by atoms with Crippen molar-refractivity contribution in [3.63, 3.8) is 0 Å². The van der Waals surface area contributed by atoms with Gasteiger partial charge in [-0.15, -0.1) is 0 Å². The van der Waals surface area contributed by atoms with Crippen LogP contribution < -0.4 is 10.1 Å². The first-order valence-electron chi connectivity index (χ1n) is 7.82. The normalized spacial score (nSPS) is 10.5. The first kappa shape index (κ1) is 17.0. The SMILES string of the molecule is COc1cccc(CNC(=O)c2cnn(Cc3ccccc3Cl)c2)c1. The molecule has 2 aromatic carbocycles. The van der Waals surface area contributed by atoms with Gasteiger partial charge in [-0.2, -0.15) is 5.10 Å². The number of amides is 1. The number of rotatable bonds is 6. The Morgan fingerprint density at radius 3 is 2.88 bits per heavy atom. The van der Waals surface area contributed by atoms with Crippen LogP contribution in [-0.4, -0.2) is 22.8 Å². The Hall–Kier alpha value is -2.79. The van der Waals surface area contributed by atoms with Crippen molar-refractivity contribution in [1.82, 2.24) is 15.1 Å². The molecule has 0 fully saturated rings. The molecule has 1 aromatic heterocycles. The van der Waals surface area contributed by atoms with Crippen molar-refractivity contribution in [3.8, 4) is 5.75 Å².